The van der Waals surface area contributed by atoms with Crippen molar-refractivity contribution in [1.82, 2.24) is 9.97 Å². The number of esters is 1. The van der Waals surface area contributed by atoms with Gasteiger partial charge in [-0.1, -0.05) is 24.3 Å². The van der Waals surface area contributed by atoms with E-state index in [4.69, 9.17) is 4.74 Å². The van der Waals surface area contributed by atoms with Crippen LogP contribution in [0.5, 0.6) is 0 Å². The van der Waals surface area contributed by atoms with Gasteiger partial charge < -0.3 is 4.74 Å². The van der Waals surface area contributed by atoms with Crippen LogP contribution in [-0.4, -0.2) is 28.5 Å². The van der Waals surface area contributed by atoms with Gasteiger partial charge in [0.05, 0.1) is 16.9 Å². The fraction of sp³-hybridized carbons (Fsp3) is 0.111. The molecule has 0 aliphatic rings. The van der Waals surface area contributed by atoms with Crippen LogP contribution in [0.3, 0.4) is 0 Å². The zero-order chi connectivity index (χ0) is 17.6. The number of rotatable bonds is 5. The van der Waals surface area contributed by atoms with Crippen molar-refractivity contribution in [2.75, 3.05) is 11.9 Å². The Hall–Kier alpha value is -3.06. The molecule has 0 unspecified atom stereocenters. The molecule has 2 heterocycles. The summed E-state index contributed by atoms with van der Waals surface area (Å²) in [5.41, 5.74) is 2.30. The molecule has 0 saturated carbocycles. The number of hydrogen-bond donors (Lipinski definition) is 1. The Balaban J connectivity index is 1.52. The molecule has 0 saturated heterocycles. The maximum atomic E-state index is 11.7. The maximum absolute atomic E-state index is 11.7. The molecule has 1 aromatic carbocycles. The summed E-state index contributed by atoms with van der Waals surface area (Å²) in [6.45, 7) is 1.46. The fourth-order valence-corrected chi connectivity index (χ4v) is 2.78. The van der Waals surface area contributed by atoms with E-state index in [0.717, 1.165) is 16.6 Å². The van der Waals surface area contributed by atoms with E-state index in [2.05, 4.69) is 15.3 Å². The van der Waals surface area contributed by atoms with Crippen molar-refractivity contribution in [3.63, 3.8) is 0 Å². The molecule has 3 rings (SSSR count). The van der Waals surface area contributed by atoms with Gasteiger partial charge in [-0.25, -0.2) is 14.8 Å². The van der Waals surface area contributed by atoms with Crippen molar-refractivity contribution >= 4 is 45.3 Å². The van der Waals surface area contributed by atoms with E-state index in [-0.39, 0.29) is 6.61 Å². The zero-order valence-electron chi connectivity index (χ0n) is 13.4. The number of anilines is 1. The smallest absolute Gasteiger partial charge is 0.331 e. The van der Waals surface area contributed by atoms with Crippen molar-refractivity contribution in [3.05, 3.63) is 59.2 Å². The first-order valence-electron chi connectivity index (χ1n) is 7.53. The molecule has 0 atom stereocenters. The van der Waals surface area contributed by atoms with Crippen LogP contribution in [0, 0.1) is 6.92 Å². The monoisotopic (exact) mass is 353 g/mol. The van der Waals surface area contributed by atoms with Crippen LogP contribution < -0.4 is 5.32 Å². The van der Waals surface area contributed by atoms with E-state index in [1.807, 2.05) is 48.7 Å². The average Bonchev–Trinajstić information content (AvgIpc) is 3.02. The minimum atomic E-state index is -0.611. The van der Waals surface area contributed by atoms with E-state index in [9.17, 15) is 9.59 Å². The van der Waals surface area contributed by atoms with Crippen LogP contribution in [-0.2, 0) is 14.3 Å². The van der Waals surface area contributed by atoms with Crippen molar-refractivity contribution in [2.45, 2.75) is 6.92 Å². The van der Waals surface area contributed by atoms with Crippen molar-refractivity contribution in [3.8, 4) is 0 Å². The molecule has 1 N–H and O–H groups in total. The first kappa shape index (κ1) is 16.8. The largest absolute Gasteiger partial charge is 0.452 e. The first-order chi connectivity index (χ1) is 12.1. The number of para-hydroxylation sites is 1. The number of ether oxygens (including phenoxy) is 1. The molecular formula is C18H15N3O3S. The number of fused-ring (bicyclic) bond motifs is 1. The molecule has 25 heavy (non-hydrogen) atoms. The summed E-state index contributed by atoms with van der Waals surface area (Å²) >= 11 is 1.31. The van der Waals surface area contributed by atoms with Gasteiger partial charge in [0, 0.05) is 16.8 Å². The van der Waals surface area contributed by atoms with Crippen molar-refractivity contribution in [2.24, 2.45) is 0 Å². The summed E-state index contributed by atoms with van der Waals surface area (Å²) in [7, 11) is 0. The minimum absolute atomic E-state index is 0.368. The number of aromatic nitrogens is 2. The number of benzene rings is 1. The lowest BCUT2D eigenvalue weighted by atomic mass is 10.2. The lowest BCUT2D eigenvalue weighted by Crippen LogP contribution is -2.20. The lowest BCUT2D eigenvalue weighted by Gasteiger charge is -2.02. The third-order valence-electron chi connectivity index (χ3n) is 3.22. The molecule has 6 nitrogen and oxygen atoms in total. The number of nitrogens with zero attached hydrogens (tertiary/aromatic N) is 2. The fourth-order valence-electron chi connectivity index (χ4n) is 2.08. The number of pyridine rings is 1. The molecule has 126 valence electrons. The number of carbonyl (C=O) groups is 2. The Kier molecular flexibility index (Phi) is 5.15. The van der Waals surface area contributed by atoms with E-state index < -0.39 is 11.9 Å². The second-order valence-electron chi connectivity index (χ2n) is 5.21. The van der Waals surface area contributed by atoms with Crippen molar-refractivity contribution < 1.29 is 14.3 Å². The predicted octanol–water partition coefficient (Wildman–Crippen LogP) is 3.19. The van der Waals surface area contributed by atoms with Crippen LogP contribution in [0.25, 0.3) is 17.0 Å². The molecule has 0 aliphatic carbocycles. The number of hydrogen-bond acceptors (Lipinski definition) is 6. The predicted molar refractivity (Wildman–Crippen MR) is 97.2 cm³/mol. The van der Waals surface area contributed by atoms with Crippen molar-refractivity contribution in [1.29, 1.82) is 0 Å². The molecular weight excluding hydrogens is 338 g/mol. The van der Waals surface area contributed by atoms with Gasteiger partial charge in [0.1, 0.15) is 0 Å². The first-order valence-corrected chi connectivity index (χ1v) is 8.41. The van der Waals surface area contributed by atoms with E-state index in [0.29, 0.717) is 10.8 Å². The van der Waals surface area contributed by atoms with Crippen LogP contribution in [0.4, 0.5) is 5.13 Å². The summed E-state index contributed by atoms with van der Waals surface area (Å²) in [6, 6.07) is 11.4. The summed E-state index contributed by atoms with van der Waals surface area (Å²) in [5.74, 6) is -1.04. The molecule has 0 fully saturated rings. The van der Waals surface area contributed by atoms with Gasteiger partial charge in [0.15, 0.2) is 11.7 Å². The van der Waals surface area contributed by atoms with Gasteiger partial charge in [-0.3, -0.25) is 10.1 Å². The van der Waals surface area contributed by atoms with Gasteiger partial charge in [-0.15, -0.1) is 11.3 Å². The quantitative estimate of drug-likeness (QED) is 0.563. The Morgan fingerprint density at radius 1 is 1.20 bits per heavy atom. The number of carbonyl (C=O) groups excluding carboxylic acids is 2. The van der Waals surface area contributed by atoms with Gasteiger partial charge in [0.2, 0.25) is 0 Å². The highest BCUT2D eigenvalue weighted by Crippen LogP contribution is 2.14. The highest BCUT2D eigenvalue weighted by Gasteiger charge is 2.07. The number of thiazole rings is 1. The summed E-state index contributed by atoms with van der Waals surface area (Å²) < 4.78 is 4.90. The van der Waals surface area contributed by atoms with Crippen LogP contribution in [0.2, 0.25) is 0 Å². The molecule has 7 heteroatoms. The highest BCUT2D eigenvalue weighted by atomic mass is 32.1. The average molecular weight is 353 g/mol. The van der Waals surface area contributed by atoms with Gasteiger partial charge >= 0.3 is 5.97 Å². The second-order valence-corrected chi connectivity index (χ2v) is 6.07. The Morgan fingerprint density at radius 3 is 2.84 bits per heavy atom. The van der Waals surface area contributed by atoms with E-state index >= 15 is 0 Å². The van der Waals surface area contributed by atoms with Crippen LogP contribution >= 0.6 is 11.3 Å². The van der Waals surface area contributed by atoms with E-state index in [1.54, 1.807) is 6.08 Å². The molecule has 3 aromatic rings. The minimum Gasteiger partial charge on any atom is -0.452 e. The molecule has 0 bridgehead atoms. The summed E-state index contributed by atoms with van der Waals surface area (Å²) in [4.78, 5) is 31.9. The maximum Gasteiger partial charge on any atom is 0.331 e. The number of amides is 1. The van der Waals surface area contributed by atoms with Crippen LogP contribution in [0.1, 0.15) is 11.4 Å². The summed E-state index contributed by atoms with van der Waals surface area (Å²) in [5, 5.41) is 5.89. The summed E-state index contributed by atoms with van der Waals surface area (Å²) in [6.07, 6.45) is 2.80. The van der Waals surface area contributed by atoms with Gasteiger partial charge in [-0.05, 0) is 25.1 Å². The molecule has 2 aromatic heterocycles. The Labute approximate surface area is 148 Å². The Bertz CT molecular complexity index is 949. The number of nitrogens with one attached hydrogen (secondary N) is 1. The highest BCUT2D eigenvalue weighted by molar-refractivity contribution is 7.13. The lowest BCUT2D eigenvalue weighted by molar-refractivity contribution is -0.142. The molecule has 0 aliphatic heterocycles. The van der Waals surface area contributed by atoms with E-state index in [1.165, 1.54) is 17.4 Å². The van der Waals surface area contributed by atoms with Gasteiger partial charge in [0.25, 0.3) is 5.91 Å². The normalized spacial score (nSPS) is 10.9. The zero-order valence-corrected chi connectivity index (χ0v) is 14.2. The Morgan fingerprint density at radius 2 is 2.04 bits per heavy atom. The molecule has 0 spiro atoms. The second kappa shape index (κ2) is 7.67. The SMILES string of the molecule is Cc1csc(NC(=O)COC(=O)/C=C/c2ccc3ccccc3n2)n1. The standard InChI is InChI=1S/C18H15N3O3S/c1-12-11-25-18(19-12)21-16(22)10-24-17(23)9-8-14-7-6-13-4-2-3-5-15(13)20-14/h2-9,11H,10H2,1H3,(H,19,21,22)/b9-8+. The third-order valence-corrected chi connectivity index (χ3v) is 4.10. The van der Waals surface area contributed by atoms with Gasteiger partial charge in [-0.2, -0.15) is 0 Å². The van der Waals surface area contributed by atoms with Crippen LogP contribution in [0.15, 0.2) is 47.9 Å². The number of aryl methyl sites for hydroxylation is 1. The third kappa shape index (κ3) is 4.71. The molecule has 1 amide bonds. The topological polar surface area (TPSA) is 81.2 Å². The molecule has 0 radical (unpaired) electrons.